The van der Waals surface area contributed by atoms with Gasteiger partial charge in [-0.25, -0.2) is 0 Å². The standard InChI is InChI=1S/C9H17NOS/c1-7(6-12-2)5-10-9(11)8-3-4-8/h7-8H,3-6H2,1-2H3,(H,10,11). The topological polar surface area (TPSA) is 29.1 Å². The minimum Gasteiger partial charge on any atom is -0.356 e. The molecule has 1 saturated carbocycles. The molecular weight excluding hydrogens is 170 g/mol. The molecule has 12 heavy (non-hydrogen) atoms. The van der Waals surface area contributed by atoms with Crippen molar-refractivity contribution >= 4 is 17.7 Å². The Morgan fingerprint density at radius 1 is 1.67 bits per heavy atom. The molecule has 0 heterocycles. The molecule has 1 unspecified atom stereocenters. The van der Waals surface area contributed by atoms with Crippen LogP contribution >= 0.6 is 11.8 Å². The SMILES string of the molecule is CSCC(C)CNC(=O)C1CC1. The van der Waals surface area contributed by atoms with Crippen LogP contribution in [0.3, 0.4) is 0 Å². The van der Waals surface area contributed by atoms with Crippen LogP contribution in [0.5, 0.6) is 0 Å². The van der Waals surface area contributed by atoms with Crippen molar-refractivity contribution in [3.05, 3.63) is 0 Å². The van der Waals surface area contributed by atoms with E-state index in [9.17, 15) is 4.79 Å². The second kappa shape index (κ2) is 4.75. The lowest BCUT2D eigenvalue weighted by Crippen LogP contribution is -2.30. The van der Waals surface area contributed by atoms with Crippen LogP contribution in [0.25, 0.3) is 0 Å². The zero-order valence-electron chi connectivity index (χ0n) is 7.80. The van der Waals surface area contributed by atoms with Gasteiger partial charge in [0.25, 0.3) is 0 Å². The molecule has 1 amide bonds. The smallest absolute Gasteiger partial charge is 0.223 e. The summed E-state index contributed by atoms with van der Waals surface area (Å²) in [5.74, 6) is 2.35. The lowest BCUT2D eigenvalue weighted by molar-refractivity contribution is -0.122. The predicted molar refractivity (Wildman–Crippen MR) is 53.3 cm³/mol. The minimum absolute atomic E-state index is 0.267. The van der Waals surface area contributed by atoms with Gasteiger partial charge in [0, 0.05) is 12.5 Å². The van der Waals surface area contributed by atoms with Crippen LogP contribution in [0.1, 0.15) is 19.8 Å². The maximum Gasteiger partial charge on any atom is 0.223 e. The second-order valence-corrected chi connectivity index (χ2v) is 4.49. The lowest BCUT2D eigenvalue weighted by Gasteiger charge is -2.10. The summed E-state index contributed by atoms with van der Waals surface area (Å²) in [6, 6.07) is 0. The number of carbonyl (C=O) groups excluding carboxylic acids is 1. The number of rotatable bonds is 5. The van der Waals surface area contributed by atoms with E-state index >= 15 is 0 Å². The van der Waals surface area contributed by atoms with Crippen molar-refractivity contribution < 1.29 is 4.79 Å². The molecule has 1 atom stereocenters. The molecule has 1 rings (SSSR count). The first kappa shape index (κ1) is 9.90. The average Bonchev–Trinajstić information content (AvgIpc) is 2.83. The Hall–Kier alpha value is -0.180. The maximum absolute atomic E-state index is 11.2. The number of hydrogen-bond donors (Lipinski definition) is 1. The summed E-state index contributed by atoms with van der Waals surface area (Å²) in [5.41, 5.74) is 0. The highest BCUT2D eigenvalue weighted by Gasteiger charge is 2.29. The van der Waals surface area contributed by atoms with Crippen LogP contribution in [0.4, 0.5) is 0 Å². The molecule has 2 nitrogen and oxygen atoms in total. The van der Waals surface area contributed by atoms with Crippen molar-refractivity contribution in [2.75, 3.05) is 18.6 Å². The fourth-order valence-corrected chi connectivity index (χ4v) is 1.80. The van der Waals surface area contributed by atoms with Gasteiger partial charge < -0.3 is 5.32 Å². The van der Waals surface area contributed by atoms with Crippen molar-refractivity contribution in [3.8, 4) is 0 Å². The number of thioether (sulfide) groups is 1. The largest absolute Gasteiger partial charge is 0.356 e. The van der Waals surface area contributed by atoms with Gasteiger partial charge in [0.1, 0.15) is 0 Å². The normalized spacial score (nSPS) is 18.8. The van der Waals surface area contributed by atoms with Crippen molar-refractivity contribution in [2.24, 2.45) is 11.8 Å². The Balaban J connectivity index is 2.03. The van der Waals surface area contributed by atoms with Gasteiger partial charge in [-0.15, -0.1) is 0 Å². The fraction of sp³-hybridized carbons (Fsp3) is 0.889. The van der Waals surface area contributed by atoms with Crippen molar-refractivity contribution in [3.63, 3.8) is 0 Å². The monoisotopic (exact) mass is 187 g/mol. The molecule has 0 aromatic rings. The molecule has 1 N–H and O–H groups in total. The fourth-order valence-electron chi connectivity index (χ4n) is 1.11. The summed E-state index contributed by atoms with van der Waals surface area (Å²) in [4.78, 5) is 11.2. The van der Waals surface area contributed by atoms with Gasteiger partial charge in [-0.2, -0.15) is 11.8 Å². The lowest BCUT2D eigenvalue weighted by atomic mass is 10.2. The summed E-state index contributed by atoms with van der Waals surface area (Å²) in [6.45, 7) is 3.01. The van der Waals surface area contributed by atoms with Gasteiger partial charge >= 0.3 is 0 Å². The van der Waals surface area contributed by atoms with Gasteiger partial charge in [-0.3, -0.25) is 4.79 Å². The summed E-state index contributed by atoms with van der Waals surface area (Å²) in [5, 5.41) is 2.98. The highest BCUT2D eigenvalue weighted by Crippen LogP contribution is 2.28. The Kier molecular flexibility index (Phi) is 3.92. The van der Waals surface area contributed by atoms with E-state index < -0.39 is 0 Å². The van der Waals surface area contributed by atoms with Crippen LogP contribution in [-0.2, 0) is 4.79 Å². The maximum atomic E-state index is 11.2. The number of hydrogen-bond acceptors (Lipinski definition) is 2. The van der Waals surface area contributed by atoms with Gasteiger partial charge in [0.05, 0.1) is 0 Å². The molecule has 0 saturated heterocycles. The number of carbonyl (C=O) groups is 1. The first-order valence-corrected chi connectivity index (χ1v) is 5.90. The molecular formula is C9H17NOS. The molecule has 3 heteroatoms. The highest BCUT2D eigenvalue weighted by atomic mass is 32.2. The van der Waals surface area contributed by atoms with Crippen molar-refractivity contribution in [1.82, 2.24) is 5.32 Å². The highest BCUT2D eigenvalue weighted by molar-refractivity contribution is 7.98. The third-order valence-corrected chi connectivity index (χ3v) is 2.93. The zero-order chi connectivity index (χ0) is 8.97. The molecule has 0 aromatic heterocycles. The molecule has 0 radical (unpaired) electrons. The van der Waals surface area contributed by atoms with E-state index in [-0.39, 0.29) is 5.91 Å². The van der Waals surface area contributed by atoms with Gasteiger partial charge in [-0.1, -0.05) is 6.92 Å². The molecule has 0 bridgehead atoms. The van der Waals surface area contributed by atoms with E-state index in [1.165, 1.54) is 0 Å². The van der Waals surface area contributed by atoms with Crippen molar-refractivity contribution in [1.29, 1.82) is 0 Å². The van der Waals surface area contributed by atoms with Crippen LogP contribution < -0.4 is 5.32 Å². The molecule has 1 aliphatic rings. The average molecular weight is 187 g/mol. The van der Waals surface area contributed by atoms with Crippen LogP contribution in [0, 0.1) is 11.8 Å². The minimum atomic E-state index is 0.267. The third kappa shape index (κ3) is 3.48. The third-order valence-electron chi connectivity index (χ3n) is 2.02. The van der Waals surface area contributed by atoms with Crippen LogP contribution in [0.15, 0.2) is 0 Å². The first-order valence-electron chi connectivity index (χ1n) is 4.50. The number of amides is 1. The van der Waals surface area contributed by atoms with E-state index in [0.29, 0.717) is 11.8 Å². The van der Waals surface area contributed by atoms with Crippen molar-refractivity contribution in [2.45, 2.75) is 19.8 Å². The molecule has 1 fully saturated rings. The van der Waals surface area contributed by atoms with Gasteiger partial charge in [0.2, 0.25) is 5.91 Å². The first-order chi connectivity index (χ1) is 5.74. The number of nitrogens with one attached hydrogen (secondary N) is 1. The molecule has 70 valence electrons. The molecule has 0 aliphatic heterocycles. The molecule has 1 aliphatic carbocycles. The zero-order valence-corrected chi connectivity index (χ0v) is 8.62. The van der Waals surface area contributed by atoms with E-state index in [1.807, 2.05) is 11.8 Å². The molecule has 0 spiro atoms. The Bertz CT molecular complexity index is 157. The summed E-state index contributed by atoms with van der Waals surface area (Å²) in [7, 11) is 0. The Labute approximate surface area is 78.5 Å². The Morgan fingerprint density at radius 3 is 2.83 bits per heavy atom. The van der Waals surface area contributed by atoms with E-state index in [0.717, 1.165) is 25.1 Å². The van der Waals surface area contributed by atoms with Crippen LogP contribution in [0.2, 0.25) is 0 Å². The summed E-state index contributed by atoms with van der Waals surface area (Å²) < 4.78 is 0. The summed E-state index contributed by atoms with van der Waals surface area (Å²) in [6.07, 6.45) is 4.30. The van der Waals surface area contributed by atoms with Crippen LogP contribution in [-0.4, -0.2) is 24.5 Å². The second-order valence-electron chi connectivity index (χ2n) is 3.58. The quantitative estimate of drug-likeness (QED) is 0.707. The summed E-state index contributed by atoms with van der Waals surface area (Å²) >= 11 is 1.83. The van der Waals surface area contributed by atoms with E-state index in [4.69, 9.17) is 0 Å². The van der Waals surface area contributed by atoms with E-state index in [1.54, 1.807) is 0 Å². The van der Waals surface area contributed by atoms with E-state index in [2.05, 4.69) is 18.5 Å². The Morgan fingerprint density at radius 2 is 2.33 bits per heavy atom. The molecule has 0 aromatic carbocycles. The predicted octanol–water partition coefficient (Wildman–Crippen LogP) is 1.51. The van der Waals surface area contributed by atoms with Gasteiger partial charge in [0.15, 0.2) is 0 Å². The van der Waals surface area contributed by atoms with Gasteiger partial charge in [-0.05, 0) is 30.8 Å².